The number of rotatable bonds is 5. The summed E-state index contributed by atoms with van der Waals surface area (Å²) in [7, 11) is 1.54. The number of hydrogen-bond donors (Lipinski definition) is 1. The summed E-state index contributed by atoms with van der Waals surface area (Å²) >= 11 is 0. The van der Waals surface area contributed by atoms with Crippen LogP contribution in [0.4, 0.5) is 0 Å². The van der Waals surface area contributed by atoms with Crippen molar-refractivity contribution in [3.8, 4) is 5.75 Å². The molecule has 1 aliphatic rings. The number of aliphatic hydroxyl groups excluding tert-OH is 1. The Morgan fingerprint density at radius 1 is 1.45 bits per heavy atom. The Morgan fingerprint density at radius 3 is 3.15 bits per heavy atom. The zero-order valence-corrected chi connectivity index (χ0v) is 11.2. The molecular weight excluding hydrogens is 260 g/mol. The molecule has 0 saturated carbocycles. The quantitative estimate of drug-likeness (QED) is 0.882. The van der Waals surface area contributed by atoms with Crippen LogP contribution in [-0.2, 0) is 11.2 Å². The molecule has 1 aromatic carbocycles. The Bertz CT molecular complexity index is 584. The Labute approximate surface area is 116 Å². The largest absolute Gasteiger partial charge is 0.492 e. The highest BCUT2D eigenvalue weighted by Gasteiger charge is 2.29. The molecule has 2 aromatic rings. The zero-order chi connectivity index (χ0) is 13.9. The molecule has 2 unspecified atom stereocenters. The number of nitrogens with zero attached hydrogens (tertiary/aromatic N) is 2. The summed E-state index contributed by atoms with van der Waals surface area (Å²) in [5.74, 6) is 1.86. The second-order valence-corrected chi connectivity index (χ2v) is 4.76. The van der Waals surface area contributed by atoms with E-state index < -0.39 is 6.10 Å². The van der Waals surface area contributed by atoms with Crippen molar-refractivity contribution in [1.29, 1.82) is 0 Å². The fraction of sp³-hybridized carbons (Fsp3) is 0.429. The van der Waals surface area contributed by atoms with Gasteiger partial charge in [-0.15, -0.1) is 0 Å². The van der Waals surface area contributed by atoms with E-state index >= 15 is 0 Å². The predicted octanol–water partition coefficient (Wildman–Crippen LogP) is 1.14. The topological polar surface area (TPSA) is 77.6 Å². The lowest BCUT2D eigenvalue weighted by Crippen LogP contribution is -2.17. The van der Waals surface area contributed by atoms with Crippen LogP contribution < -0.4 is 4.74 Å². The molecule has 0 aliphatic carbocycles. The molecule has 106 valence electrons. The summed E-state index contributed by atoms with van der Waals surface area (Å²) in [6.07, 6.45) is -0.351. The minimum atomic E-state index is -0.639. The predicted molar refractivity (Wildman–Crippen MR) is 69.7 cm³/mol. The summed E-state index contributed by atoms with van der Waals surface area (Å²) in [4.78, 5) is 4.34. The Morgan fingerprint density at radius 2 is 2.30 bits per heavy atom. The SMILES string of the molecule is COCC(O)Cc1nc(C2COc3ccccc32)no1. The molecule has 3 rings (SSSR count). The first-order chi connectivity index (χ1) is 9.78. The molecule has 6 heteroatoms. The number of methoxy groups -OCH3 is 1. The van der Waals surface area contributed by atoms with Gasteiger partial charge in [-0.1, -0.05) is 23.4 Å². The first kappa shape index (κ1) is 13.1. The standard InChI is InChI=1S/C14H16N2O4/c1-18-7-9(17)6-13-15-14(16-20-13)11-8-19-12-5-3-2-4-10(11)12/h2-5,9,11,17H,6-8H2,1H3. The van der Waals surface area contributed by atoms with E-state index in [0.29, 0.717) is 18.3 Å². The van der Waals surface area contributed by atoms with Crippen molar-refractivity contribution < 1.29 is 19.1 Å². The van der Waals surface area contributed by atoms with Gasteiger partial charge in [0.15, 0.2) is 5.82 Å². The number of benzene rings is 1. The smallest absolute Gasteiger partial charge is 0.229 e. The highest BCUT2D eigenvalue weighted by atomic mass is 16.5. The van der Waals surface area contributed by atoms with Crippen molar-refractivity contribution in [2.24, 2.45) is 0 Å². The summed E-state index contributed by atoms with van der Waals surface area (Å²) in [6, 6.07) is 7.83. The zero-order valence-electron chi connectivity index (χ0n) is 11.2. The van der Waals surface area contributed by atoms with E-state index in [1.807, 2.05) is 24.3 Å². The van der Waals surface area contributed by atoms with Gasteiger partial charge in [-0.2, -0.15) is 4.98 Å². The van der Waals surface area contributed by atoms with Crippen LogP contribution in [0, 0.1) is 0 Å². The van der Waals surface area contributed by atoms with Gasteiger partial charge in [0.05, 0.1) is 25.0 Å². The fourth-order valence-corrected chi connectivity index (χ4v) is 2.32. The van der Waals surface area contributed by atoms with Crippen LogP contribution in [0.2, 0.25) is 0 Å². The number of fused-ring (bicyclic) bond motifs is 1. The van der Waals surface area contributed by atoms with E-state index in [1.165, 1.54) is 7.11 Å². The molecule has 0 saturated heterocycles. The second kappa shape index (κ2) is 5.60. The van der Waals surface area contributed by atoms with Gasteiger partial charge in [0.2, 0.25) is 5.89 Å². The van der Waals surface area contributed by atoms with E-state index in [-0.39, 0.29) is 18.9 Å². The van der Waals surface area contributed by atoms with E-state index in [4.69, 9.17) is 14.0 Å². The molecule has 0 radical (unpaired) electrons. The molecule has 0 amide bonds. The fourth-order valence-electron chi connectivity index (χ4n) is 2.32. The van der Waals surface area contributed by atoms with Crippen LogP contribution >= 0.6 is 0 Å². The maximum atomic E-state index is 9.66. The Kier molecular flexibility index (Phi) is 3.66. The molecule has 2 heterocycles. The first-order valence-corrected chi connectivity index (χ1v) is 6.49. The van der Waals surface area contributed by atoms with Crippen molar-refractivity contribution in [3.05, 3.63) is 41.5 Å². The van der Waals surface area contributed by atoms with Gasteiger partial charge in [-0.05, 0) is 6.07 Å². The summed E-state index contributed by atoms with van der Waals surface area (Å²) in [5.41, 5.74) is 1.07. The third kappa shape index (κ3) is 2.52. The summed E-state index contributed by atoms with van der Waals surface area (Å²) < 4.78 is 15.6. The van der Waals surface area contributed by atoms with Crippen LogP contribution in [0.15, 0.2) is 28.8 Å². The van der Waals surface area contributed by atoms with Gasteiger partial charge < -0.3 is 19.1 Å². The lowest BCUT2D eigenvalue weighted by molar-refractivity contribution is 0.0599. The van der Waals surface area contributed by atoms with E-state index in [0.717, 1.165) is 11.3 Å². The van der Waals surface area contributed by atoms with Crippen molar-refractivity contribution in [2.75, 3.05) is 20.3 Å². The second-order valence-electron chi connectivity index (χ2n) is 4.76. The van der Waals surface area contributed by atoms with Gasteiger partial charge in [-0.3, -0.25) is 0 Å². The van der Waals surface area contributed by atoms with Crippen LogP contribution in [0.5, 0.6) is 5.75 Å². The first-order valence-electron chi connectivity index (χ1n) is 6.49. The van der Waals surface area contributed by atoms with Crippen LogP contribution in [0.25, 0.3) is 0 Å². The molecule has 2 atom stereocenters. The lowest BCUT2D eigenvalue weighted by atomic mass is 10.0. The molecule has 0 fully saturated rings. The monoisotopic (exact) mass is 276 g/mol. The third-order valence-corrected chi connectivity index (χ3v) is 3.26. The maximum absolute atomic E-state index is 9.66. The average Bonchev–Trinajstić information content (AvgIpc) is 3.05. The summed E-state index contributed by atoms with van der Waals surface area (Å²) in [5, 5.41) is 13.6. The molecule has 0 bridgehead atoms. The number of hydrogen-bond acceptors (Lipinski definition) is 6. The van der Waals surface area contributed by atoms with Crippen molar-refractivity contribution in [2.45, 2.75) is 18.4 Å². The normalized spacial score (nSPS) is 18.6. The molecule has 20 heavy (non-hydrogen) atoms. The summed E-state index contributed by atoms with van der Waals surface area (Å²) in [6.45, 7) is 0.756. The minimum Gasteiger partial charge on any atom is -0.492 e. The highest BCUT2D eigenvalue weighted by Crippen LogP contribution is 2.36. The van der Waals surface area contributed by atoms with E-state index in [9.17, 15) is 5.11 Å². The molecule has 0 spiro atoms. The molecular formula is C14H16N2O4. The van der Waals surface area contributed by atoms with Gasteiger partial charge in [0, 0.05) is 12.7 Å². The van der Waals surface area contributed by atoms with Crippen LogP contribution in [-0.4, -0.2) is 41.7 Å². The number of aliphatic hydroxyl groups is 1. The van der Waals surface area contributed by atoms with E-state index in [1.54, 1.807) is 0 Å². The Hall–Kier alpha value is -1.92. The minimum absolute atomic E-state index is 0.0109. The lowest BCUT2D eigenvalue weighted by Gasteiger charge is -2.04. The van der Waals surface area contributed by atoms with Gasteiger partial charge in [-0.25, -0.2) is 0 Å². The molecule has 6 nitrogen and oxygen atoms in total. The van der Waals surface area contributed by atoms with Crippen molar-refractivity contribution in [3.63, 3.8) is 0 Å². The van der Waals surface area contributed by atoms with Crippen molar-refractivity contribution in [1.82, 2.24) is 10.1 Å². The van der Waals surface area contributed by atoms with Crippen LogP contribution in [0.1, 0.15) is 23.2 Å². The van der Waals surface area contributed by atoms with Gasteiger partial charge >= 0.3 is 0 Å². The number of aromatic nitrogens is 2. The average molecular weight is 276 g/mol. The highest BCUT2D eigenvalue weighted by molar-refractivity contribution is 5.42. The number of para-hydroxylation sites is 1. The molecule has 1 N–H and O–H groups in total. The maximum Gasteiger partial charge on any atom is 0.229 e. The third-order valence-electron chi connectivity index (χ3n) is 3.26. The van der Waals surface area contributed by atoms with Gasteiger partial charge in [0.25, 0.3) is 0 Å². The molecule has 1 aliphatic heterocycles. The number of ether oxygens (including phenoxy) is 2. The van der Waals surface area contributed by atoms with Gasteiger partial charge in [0.1, 0.15) is 12.4 Å². The van der Waals surface area contributed by atoms with Crippen LogP contribution in [0.3, 0.4) is 0 Å². The Balaban J connectivity index is 1.75. The van der Waals surface area contributed by atoms with Crippen molar-refractivity contribution >= 4 is 0 Å². The van der Waals surface area contributed by atoms with E-state index in [2.05, 4.69) is 10.1 Å². The molecule has 1 aromatic heterocycles.